The molecule has 1 heterocycles. The number of nitrogens with one attached hydrogen (secondary N) is 1. The summed E-state index contributed by atoms with van der Waals surface area (Å²) < 4.78 is 15.2. The molecule has 162 valence electrons. The third-order valence-corrected chi connectivity index (χ3v) is 4.82. The summed E-state index contributed by atoms with van der Waals surface area (Å²) in [6, 6.07) is 16.8. The quantitative estimate of drug-likeness (QED) is 0.640. The van der Waals surface area contributed by atoms with Crippen molar-refractivity contribution in [3.05, 3.63) is 77.7 Å². The number of amides is 2. The molecule has 0 aliphatic heterocycles. The van der Waals surface area contributed by atoms with Crippen molar-refractivity contribution in [2.24, 2.45) is 0 Å². The molecule has 1 N–H and O–H groups in total. The van der Waals surface area contributed by atoms with Crippen molar-refractivity contribution in [1.29, 1.82) is 0 Å². The summed E-state index contributed by atoms with van der Waals surface area (Å²) in [5.41, 5.74) is 1.65. The normalized spacial score (nSPS) is 11.3. The SMILES string of the molecule is CCN(CC(=O)Nc1cc(C(C)(C)C)nn1-c1ccccc1)C(=O)c1cccc(F)c1. The maximum absolute atomic E-state index is 13.5. The predicted molar refractivity (Wildman–Crippen MR) is 119 cm³/mol. The topological polar surface area (TPSA) is 67.2 Å². The minimum absolute atomic E-state index is 0.156. The van der Waals surface area contributed by atoms with E-state index in [-0.39, 0.29) is 23.4 Å². The van der Waals surface area contributed by atoms with Gasteiger partial charge in [-0.2, -0.15) is 5.10 Å². The molecule has 1 aromatic heterocycles. The Labute approximate surface area is 181 Å². The molecule has 0 saturated heterocycles. The summed E-state index contributed by atoms with van der Waals surface area (Å²) in [6.07, 6.45) is 0. The molecule has 3 aromatic rings. The first-order chi connectivity index (χ1) is 14.7. The number of nitrogens with zero attached hydrogens (tertiary/aromatic N) is 3. The van der Waals surface area contributed by atoms with Crippen LogP contribution < -0.4 is 5.32 Å². The zero-order valence-electron chi connectivity index (χ0n) is 18.2. The van der Waals surface area contributed by atoms with Gasteiger partial charge < -0.3 is 10.2 Å². The Balaban J connectivity index is 1.82. The number of benzene rings is 2. The van der Waals surface area contributed by atoms with Crippen LogP contribution in [-0.4, -0.2) is 39.6 Å². The maximum Gasteiger partial charge on any atom is 0.254 e. The average Bonchev–Trinajstić information content (AvgIpc) is 3.16. The van der Waals surface area contributed by atoms with Gasteiger partial charge in [0.25, 0.3) is 5.91 Å². The van der Waals surface area contributed by atoms with E-state index in [4.69, 9.17) is 0 Å². The van der Waals surface area contributed by atoms with E-state index in [2.05, 4.69) is 10.4 Å². The fraction of sp³-hybridized carbons (Fsp3) is 0.292. The highest BCUT2D eigenvalue weighted by molar-refractivity contribution is 5.99. The summed E-state index contributed by atoms with van der Waals surface area (Å²) in [6.45, 7) is 8.08. The van der Waals surface area contributed by atoms with Crippen LogP contribution in [0.4, 0.5) is 10.2 Å². The molecule has 0 aliphatic rings. The monoisotopic (exact) mass is 422 g/mol. The molecule has 0 radical (unpaired) electrons. The van der Waals surface area contributed by atoms with Crippen LogP contribution in [0.2, 0.25) is 0 Å². The zero-order valence-corrected chi connectivity index (χ0v) is 18.2. The molecule has 2 amide bonds. The Morgan fingerprint density at radius 1 is 1.06 bits per heavy atom. The molecular weight excluding hydrogens is 395 g/mol. The summed E-state index contributed by atoms with van der Waals surface area (Å²) >= 11 is 0. The fourth-order valence-corrected chi connectivity index (χ4v) is 3.09. The number of para-hydroxylation sites is 1. The minimum Gasteiger partial charge on any atom is -0.330 e. The van der Waals surface area contributed by atoms with Gasteiger partial charge in [-0.05, 0) is 37.3 Å². The van der Waals surface area contributed by atoms with E-state index < -0.39 is 11.7 Å². The fourth-order valence-electron chi connectivity index (χ4n) is 3.09. The number of carbonyl (C=O) groups is 2. The molecule has 2 aromatic carbocycles. The van der Waals surface area contributed by atoms with Gasteiger partial charge in [0.1, 0.15) is 18.2 Å². The van der Waals surface area contributed by atoms with Crippen LogP contribution >= 0.6 is 0 Å². The predicted octanol–water partition coefficient (Wildman–Crippen LogP) is 4.41. The van der Waals surface area contributed by atoms with Crippen LogP contribution in [0, 0.1) is 5.82 Å². The van der Waals surface area contributed by atoms with Crippen LogP contribution in [0.3, 0.4) is 0 Å². The first-order valence-electron chi connectivity index (χ1n) is 10.2. The van der Waals surface area contributed by atoms with Crippen LogP contribution in [0.25, 0.3) is 5.69 Å². The third-order valence-electron chi connectivity index (χ3n) is 4.82. The molecule has 0 aliphatic carbocycles. The molecule has 0 unspecified atom stereocenters. The Morgan fingerprint density at radius 2 is 1.77 bits per heavy atom. The van der Waals surface area contributed by atoms with E-state index in [1.807, 2.05) is 57.2 Å². The van der Waals surface area contributed by atoms with E-state index in [1.54, 1.807) is 11.6 Å². The van der Waals surface area contributed by atoms with Gasteiger partial charge in [0, 0.05) is 23.6 Å². The van der Waals surface area contributed by atoms with E-state index in [9.17, 15) is 14.0 Å². The van der Waals surface area contributed by atoms with Crippen LogP contribution in [0.5, 0.6) is 0 Å². The zero-order chi connectivity index (χ0) is 22.6. The molecule has 0 saturated carbocycles. The van der Waals surface area contributed by atoms with Crippen LogP contribution in [-0.2, 0) is 10.2 Å². The van der Waals surface area contributed by atoms with Crippen molar-refractivity contribution in [2.45, 2.75) is 33.1 Å². The smallest absolute Gasteiger partial charge is 0.254 e. The van der Waals surface area contributed by atoms with Gasteiger partial charge in [0.05, 0.1) is 11.4 Å². The lowest BCUT2D eigenvalue weighted by atomic mass is 9.92. The van der Waals surface area contributed by atoms with Crippen LogP contribution in [0.15, 0.2) is 60.7 Å². The van der Waals surface area contributed by atoms with Gasteiger partial charge in [0.2, 0.25) is 5.91 Å². The summed E-state index contributed by atoms with van der Waals surface area (Å²) in [5.74, 6) is -0.726. The van der Waals surface area contributed by atoms with Crippen molar-refractivity contribution in [3.63, 3.8) is 0 Å². The molecule has 6 nitrogen and oxygen atoms in total. The molecule has 0 spiro atoms. The Bertz CT molecular complexity index is 1070. The van der Waals surface area contributed by atoms with Crippen molar-refractivity contribution < 1.29 is 14.0 Å². The van der Waals surface area contributed by atoms with E-state index in [0.29, 0.717) is 12.4 Å². The number of rotatable bonds is 6. The summed E-state index contributed by atoms with van der Waals surface area (Å²) in [7, 11) is 0. The maximum atomic E-state index is 13.5. The van der Waals surface area contributed by atoms with Gasteiger partial charge in [-0.3, -0.25) is 9.59 Å². The van der Waals surface area contributed by atoms with E-state index in [0.717, 1.165) is 11.4 Å². The molecule has 0 fully saturated rings. The largest absolute Gasteiger partial charge is 0.330 e. The van der Waals surface area contributed by atoms with Gasteiger partial charge in [-0.1, -0.05) is 45.0 Å². The highest BCUT2D eigenvalue weighted by Gasteiger charge is 2.23. The number of halogens is 1. The molecule has 0 bridgehead atoms. The van der Waals surface area contributed by atoms with Crippen molar-refractivity contribution >= 4 is 17.6 Å². The lowest BCUT2D eigenvalue weighted by molar-refractivity contribution is -0.116. The van der Waals surface area contributed by atoms with E-state index >= 15 is 0 Å². The molecule has 0 atom stereocenters. The first-order valence-corrected chi connectivity index (χ1v) is 10.2. The van der Waals surface area contributed by atoms with Gasteiger partial charge in [0.15, 0.2) is 0 Å². The van der Waals surface area contributed by atoms with E-state index in [1.165, 1.54) is 29.2 Å². The Morgan fingerprint density at radius 3 is 2.39 bits per heavy atom. The number of hydrogen-bond donors (Lipinski definition) is 1. The number of aromatic nitrogens is 2. The third kappa shape index (κ3) is 5.36. The first kappa shape index (κ1) is 22.2. The van der Waals surface area contributed by atoms with Crippen molar-refractivity contribution in [3.8, 4) is 5.69 Å². The lowest BCUT2D eigenvalue weighted by Gasteiger charge is -2.20. The number of anilines is 1. The lowest BCUT2D eigenvalue weighted by Crippen LogP contribution is -2.38. The standard InChI is InChI=1S/C24H27FN4O2/c1-5-28(23(31)17-10-9-11-18(25)14-17)16-22(30)26-21-15-20(24(2,3)4)27-29(21)19-12-7-6-8-13-19/h6-15H,5,16H2,1-4H3,(H,26,30). The number of carbonyl (C=O) groups excluding carboxylic acids is 2. The molecule has 31 heavy (non-hydrogen) atoms. The molecule has 3 rings (SSSR count). The Hall–Kier alpha value is -3.48. The minimum atomic E-state index is -0.493. The van der Waals surface area contributed by atoms with Gasteiger partial charge in [-0.15, -0.1) is 0 Å². The second kappa shape index (κ2) is 9.12. The second-order valence-corrected chi connectivity index (χ2v) is 8.29. The number of likely N-dealkylation sites (N-methyl/N-ethyl adjacent to an activating group) is 1. The summed E-state index contributed by atoms with van der Waals surface area (Å²) in [4.78, 5) is 26.9. The number of hydrogen-bond acceptors (Lipinski definition) is 3. The van der Waals surface area contributed by atoms with Crippen LogP contribution in [0.1, 0.15) is 43.7 Å². The molecule has 7 heteroatoms. The second-order valence-electron chi connectivity index (χ2n) is 8.29. The highest BCUT2D eigenvalue weighted by Crippen LogP contribution is 2.26. The Kier molecular flexibility index (Phi) is 6.53. The summed E-state index contributed by atoms with van der Waals surface area (Å²) in [5, 5.41) is 7.55. The average molecular weight is 423 g/mol. The van der Waals surface area contributed by atoms with Crippen molar-refractivity contribution in [2.75, 3.05) is 18.4 Å². The molecular formula is C24H27FN4O2. The van der Waals surface area contributed by atoms with Gasteiger partial charge >= 0.3 is 0 Å². The van der Waals surface area contributed by atoms with Gasteiger partial charge in [-0.25, -0.2) is 9.07 Å². The van der Waals surface area contributed by atoms with Crippen molar-refractivity contribution in [1.82, 2.24) is 14.7 Å². The highest BCUT2D eigenvalue weighted by atomic mass is 19.1.